The van der Waals surface area contributed by atoms with Gasteiger partial charge in [0.15, 0.2) is 6.19 Å². The van der Waals surface area contributed by atoms with Gasteiger partial charge in [-0.3, -0.25) is 4.90 Å². The van der Waals surface area contributed by atoms with Crippen LogP contribution >= 0.6 is 0 Å². The van der Waals surface area contributed by atoms with E-state index in [-0.39, 0.29) is 0 Å². The first-order valence-electron chi connectivity index (χ1n) is 5.88. The van der Waals surface area contributed by atoms with Gasteiger partial charge in [0.2, 0.25) is 0 Å². The standard InChI is InChI=1S/C14H12N6/c1-10-17-13(7-14(18-10)20(2)9-16)19-12-5-3-11(8-15)4-6-12/h3-7H,1-2H3,(H,17,18,19). The first kappa shape index (κ1) is 13.3. The average molecular weight is 264 g/mol. The molecule has 0 amide bonds. The Bertz CT molecular complexity index is 693. The molecule has 0 atom stereocenters. The van der Waals surface area contributed by atoms with E-state index in [0.29, 0.717) is 23.0 Å². The van der Waals surface area contributed by atoms with Gasteiger partial charge >= 0.3 is 0 Å². The lowest BCUT2D eigenvalue weighted by Gasteiger charge is -2.11. The monoisotopic (exact) mass is 264 g/mol. The molecule has 1 aromatic carbocycles. The Morgan fingerprint density at radius 1 is 1.15 bits per heavy atom. The Labute approximate surface area is 116 Å². The second-order valence-electron chi connectivity index (χ2n) is 4.13. The summed E-state index contributed by atoms with van der Waals surface area (Å²) in [4.78, 5) is 9.81. The first-order valence-corrected chi connectivity index (χ1v) is 5.88. The van der Waals surface area contributed by atoms with E-state index in [9.17, 15) is 0 Å². The van der Waals surface area contributed by atoms with Gasteiger partial charge in [0.1, 0.15) is 17.5 Å². The van der Waals surface area contributed by atoms with Crippen molar-refractivity contribution in [2.24, 2.45) is 0 Å². The Morgan fingerprint density at radius 2 is 1.85 bits per heavy atom. The Balaban J connectivity index is 2.27. The van der Waals surface area contributed by atoms with E-state index in [1.807, 2.05) is 6.19 Å². The molecule has 2 aromatic rings. The molecule has 1 aromatic heterocycles. The number of benzene rings is 1. The van der Waals surface area contributed by atoms with E-state index in [1.54, 1.807) is 44.3 Å². The molecular weight excluding hydrogens is 252 g/mol. The van der Waals surface area contributed by atoms with E-state index in [1.165, 1.54) is 4.90 Å². The van der Waals surface area contributed by atoms with Crippen molar-refractivity contribution in [1.29, 1.82) is 10.5 Å². The zero-order valence-corrected chi connectivity index (χ0v) is 11.1. The molecular formula is C14H12N6. The Kier molecular flexibility index (Phi) is 3.78. The van der Waals surface area contributed by atoms with Crippen molar-refractivity contribution < 1.29 is 0 Å². The van der Waals surface area contributed by atoms with Crippen LogP contribution in [0.5, 0.6) is 0 Å². The van der Waals surface area contributed by atoms with Gasteiger partial charge < -0.3 is 5.32 Å². The number of nitrogens with zero attached hydrogens (tertiary/aromatic N) is 5. The van der Waals surface area contributed by atoms with Gasteiger partial charge in [-0.25, -0.2) is 9.97 Å². The molecule has 0 bridgehead atoms. The van der Waals surface area contributed by atoms with Gasteiger partial charge in [0.05, 0.1) is 11.6 Å². The van der Waals surface area contributed by atoms with Gasteiger partial charge in [-0.1, -0.05) is 0 Å². The fourth-order valence-corrected chi connectivity index (χ4v) is 1.61. The van der Waals surface area contributed by atoms with E-state index < -0.39 is 0 Å². The number of aromatic nitrogens is 2. The summed E-state index contributed by atoms with van der Waals surface area (Å²) in [5, 5.41) is 20.8. The molecule has 0 radical (unpaired) electrons. The van der Waals surface area contributed by atoms with E-state index in [4.69, 9.17) is 10.5 Å². The lowest BCUT2D eigenvalue weighted by Crippen LogP contribution is -2.12. The van der Waals surface area contributed by atoms with Gasteiger partial charge in [-0.05, 0) is 31.2 Å². The number of nitrogens with one attached hydrogen (secondary N) is 1. The molecule has 0 aliphatic carbocycles. The SMILES string of the molecule is Cc1nc(Nc2ccc(C#N)cc2)cc(N(C)C#N)n1. The maximum absolute atomic E-state index is 8.88. The molecule has 0 saturated heterocycles. The number of hydrogen-bond acceptors (Lipinski definition) is 6. The highest BCUT2D eigenvalue weighted by molar-refractivity contribution is 5.61. The van der Waals surface area contributed by atoms with Crippen molar-refractivity contribution in [1.82, 2.24) is 9.97 Å². The van der Waals surface area contributed by atoms with Crippen LogP contribution in [0.3, 0.4) is 0 Å². The summed E-state index contributed by atoms with van der Waals surface area (Å²) in [6.45, 7) is 1.76. The molecule has 0 fully saturated rings. The summed E-state index contributed by atoms with van der Waals surface area (Å²) in [6.07, 6.45) is 1.99. The second-order valence-corrected chi connectivity index (χ2v) is 4.13. The predicted octanol–water partition coefficient (Wildman–Crippen LogP) is 2.32. The second kappa shape index (κ2) is 5.68. The zero-order valence-electron chi connectivity index (χ0n) is 11.1. The van der Waals surface area contributed by atoms with Crippen LogP contribution in [0.25, 0.3) is 0 Å². The van der Waals surface area contributed by atoms with Crippen LogP contribution in [-0.2, 0) is 0 Å². The molecule has 2 rings (SSSR count). The minimum atomic E-state index is 0.524. The molecule has 0 aliphatic heterocycles. The average Bonchev–Trinajstić information content (AvgIpc) is 2.46. The molecule has 6 nitrogen and oxygen atoms in total. The summed E-state index contributed by atoms with van der Waals surface area (Å²) < 4.78 is 0. The van der Waals surface area contributed by atoms with Crippen molar-refractivity contribution >= 4 is 17.3 Å². The van der Waals surface area contributed by atoms with Crippen LogP contribution in [-0.4, -0.2) is 17.0 Å². The van der Waals surface area contributed by atoms with Gasteiger partial charge in [0.25, 0.3) is 0 Å². The van der Waals surface area contributed by atoms with Gasteiger partial charge in [-0.2, -0.15) is 10.5 Å². The number of nitriles is 2. The van der Waals surface area contributed by atoms with E-state index in [0.717, 1.165) is 5.69 Å². The van der Waals surface area contributed by atoms with Crippen molar-refractivity contribution in [2.45, 2.75) is 6.92 Å². The largest absolute Gasteiger partial charge is 0.340 e. The maximum atomic E-state index is 8.88. The molecule has 20 heavy (non-hydrogen) atoms. The highest BCUT2D eigenvalue weighted by Gasteiger charge is 2.06. The molecule has 0 saturated carbocycles. The highest BCUT2D eigenvalue weighted by Crippen LogP contribution is 2.19. The van der Waals surface area contributed by atoms with Crippen molar-refractivity contribution in [3.05, 3.63) is 41.7 Å². The van der Waals surface area contributed by atoms with Crippen molar-refractivity contribution in [3.8, 4) is 12.3 Å². The summed E-state index contributed by atoms with van der Waals surface area (Å²) in [6, 6.07) is 10.8. The third-order valence-electron chi connectivity index (χ3n) is 2.60. The van der Waals surface area contributed by atoms with Crippen LogP contribution < -0.4 is 10.2 Å². The quantitative estimate of drug-likeness (QED) is 0.676. The summed E-state index contributed by atoms with van der Waals surface area (Å²) in [5.41, 5.74) is 1.41. The third-order valence-corrected chi connectivity index (χ3v) is 2.60. The van der Waals surface area contributed by atoms with Gasteiger partial charge in [0, 0.05) is 18.8 Å². The van der Waals surface area contributed by atoms with Crippen molar-refractivity contribution in [3.63, 3.8) is 0 Å². The topological polar surface area (TPSA) is 88.6 Å². The molecule has 1 heterocycles. The fraction of sp³-hybridized carbons (Fsp3) is 0.143. The third kappa shape index (κ3) is 3.01. The van der Waals surface area contributed by atoms with E-state index >= 15 is 0 Å². The minimum Gasteiger partial charge on any atom is -0.340 e. The van der Waals surface area contributed by atoms with Crippen LogP contribution in [0.2, 0.25) is 0 Å². The molecule has 6 heteroatoms. The zero-order chi connectivity index (χ0) is 14.5. The lowest BCUT2D eigenvalue weighted by molar-refractivity contribution is 1.02. The van der Waals surface area contributed by atoms with Crippen LogP contribution in [0.1, 0.15) is 11.4 Å². The van der Waals surface area contributed by atoms with Crippen LogP contribution in [0, 0.1) is 29.7 Å². The number of rotatable bonds is 3. The van der Waals surface area contributed by atoms with E-state index in [2.05, 4.69) is 21.4 Å². The molecule has 98 valence electrons. The Hall–Kier alpha value is -3.12. The highest BCUT2D eigenvalue weighted by atomic mass is 15.2. The number of anilines is 3. The summed E-state index contributed by atoms with van der Waals surface area (Å²) in [7, 11) is 1.63. The smallest absolute Gasteiger partial charge is 0.185 e. The summed E-state index contributed by atoms with van der Waals surface area (Å²) in [5.74, 6) is 1.69. The van der Waals surface area contributed by atoms with Crippen LogP contribution in [0.15, 0.2) is 30.3 Å². The van der Waals surface area contributed by atoms with Crippen LogP contribution in [0.4, 0.5) is 17.3 Å². The van der Waals surface area contributed by atoms with Gasteiger partial charge in [-0.15, -0.1) is 0 Å². The summed E-state index contributed by atoms with van der Waals surface area (Å²) >= 11 is 0. The minimum absolute atomic E-state index is 0.524. The maximum Gasteiger partial charge on any atom is 0.185 e. The molecule has 0 aliphatic rings. The number of hydrogen-bond donors (Lipinski definition) is 1. The van der Waals surface area contributed by atoms with Crippen molar-refractivity contribution in [2.75, 3.05) is 17.3 Å². The predicted molar refractivity (Wildman–Crippen MR) is 75.2 cm³/mol. The molecule has 0 spiro atoms. The molecule has 0 unspecified atom stereocenters. The molecule has 1 N–H and O–H groups in total. The normalized spacial score (nSPS) is 9.40. The first-order chi connectivity index (χ1) is 9.62. The fourth-order valence-electron chi connectivity index (χ4n) is 1.61. The number of aryl methyl sites for hydroxylation is 1. The lowest BCUT2D eigenvalue weighted by atomic mass is 10.2. The Morgan fingerprint density at radius 3 is 2.45 bits per heavy atom.